The Bertz CT molecular complexity index is 453. The number of nitrogens with one attached hydrogen (secondary N) is 2. The van der Waals surface area contributed by atoms with Gasteiger partial charge < -0.3 is 15.5 Å². The first kappa shape index (κ1) is 14.7. The van der Waals surface area contributed by atoms with E-state index in [9.17, 15) is 4.79 Å². The van der Waals surface area contributed by atoms with E-state index in [0.29, 0.717) is 18.1 Å². The van der Waals surface area contributed by atoms with Gasteiger partial charge in [0.05, 0.1) is 12.4 Å². The van der Waals surface area contributed by atoms with E-state index in [1.165, 1.54) is 12.6 Å². The second kappa shape index (κ2) is 6.17. The molecule has 0 atom stereocenters. The molecule has 1 heterocycles. The highest BCUT2D eigenvalue weighted by Crippen LogP contribution is 2.35. The van der Waals surface area contributed by atoms with Crippen LogP contribution >= 0.6 is 0 Å². The van der Waals surface area contributed by atoms with Crippen molar-refractivity contribution in [3.8, 4) is 0 Å². The molecule has 1 amide bonds. The predicted octanol–water partition coefficient (Wildman–Crippen LogP) is 1.12. The standard InChI is InChI=1S/C14H23N5O/c1-4-15-12-9-16-11(8-17-12)13(20)18-10-14(19(2)3)6-5-7-14/h8-9H,4-7,10H2,1-3H3,(H,15,17)(H,18,20). The third-order valence-corrected chi connectivity index (χ3v) is 4.05. The van der Waals surface area contributed by atoms with Crippen LogP contribution in [-0.2, 0) is 0 Å². The number of nitrogens with zero attached hydrogens (tertiary/aromatic N) is 3. The van der Waals surface area contributed by atoms with Gasteiger partial charge in [-0.25, -0.2) is 9.97 Å². The van der Waals surface area contributed by atoms with Crippen molar-refractivity contribution >= 4 is 11.7 Å². The fourth-order valence-electron chi connectivity index (χ4n) is 2.42. The second-order valence-electron chi connectivity index (χ2n) is 5.47. The first-order valence-electron chi connectivity index (χ1n) is 7.09. The van der Waals surface area contributed by atoms with Crippen LogP contribution in [0.15, 0.2) is 12.4 Å². The van der Waals surface area contributed by atoms with Gasteiger partial charge in [-0.15, -0.1) is 0 Å². The molecule has 20 heavy (non-hydrogen) atoms. The number of amides is 1. The van der Waals surface area contributed by atoms with Crippen molar-refractivity contribution in [1.29, 1.82) is 0 Å². The van der Waals surface area contributed by atoms with Crippen LogP contribution in [0, 0.1) is 0 Å². The zero-order valence-corrected chi connectivity index (χ0v) is 12.4. The Kier molecular flexibility index (Phi) is 4.54. The van der Waals surface area contributed by atoms with Gasteiger partial charge in [0, 0.05) is 18.6 Å². The number of rotatable bonds is 6. The molecule has 1 aromatic rings. The molecular formula is C14H23N5O. The van der Waals surface area contributed by atoms with Gasteiger partial charge in [-0.3, -0.25) is 4.79 Å². The van der Waals surface area contributed by atoms with E-state index < -0.39 is 0 Å². The number of carbonyl (C=O) groups excluding carboxylic acids is 1. The molecule has 1 saturated carbocycles. The molecule has 1 fully saturated rings. The number of anilines is 1. The number of likely N-dealkylation sites (N-methyl/N-ethyl adjacent to an activating group) is 1. The third-order valence-electron chi connectivity index (χ3n) is 4.05. The van der Waals surface area contributed by atoms with E-state index >= 15 is 0 Å². The Morgan fingerprint density at radius 2 is 2.10 bits per heavy atom. The Balaban J connectivity index is 1.91. The van der Waals surface area contributed by atoms with Crippen LogP contribution in [0.4, 0.5) is 5.82 Å². The molecule has 1 aliphatic carbocycles. The molecule has 0 radical (unpaired) electrons. The molecule has 2 rings (SSSR count). The largest absolute Gasteiger partial charge is 0.369 e. The van der Waals surface area contributed by atoms with E-state index in [2.05, 4.69) is 39.6 Å². The normalized spacial score (nSPS) is 16.6. The summed E-state index contributed by atoms with van der Waals surface area (Å²) in [4.78, 5) is 22.6. The molecule has 1 aromatic heterocycles. The second-order valence-corrected chi connectivity index (χ2v) is 5.47. The molecule has 6 heteroatoms. The van der Waals surface area contributed by atoms with E-state index in [1.807, 2.05) is 6.92 Å². The Morgan fingerprint density at radius 3 is 2.55 bits per heavy atom. The maximum atomic E-state index is 12.1. The summed E-state index contributed by atoms with van der Waals surface area (Å²) >= 11 is 0. The van der Waals surface area contributed by atoms with E-state index in [4.69, 9.17) is 0 Å². The van der Waals surface area contributed by atoms with Crippen LogP contribution in [0.2, 0.25) is 0 Å². The lowest BCUT2D eigenvalue weighted by molar-refractivity contribution is 0.0556. The van der Waals surface area contributed by atoms with Crippen molar-refractivity contribution in [2.24, 2.45) is 0 Å². The van der Waals surface area contributed by atoms with Crippen LogP contribution in [-0.4, -0.2) is 53.5 Å². The average Bonchev–Trinajstić information content (AvgIpc) is 2.38. The molecule has 2 N–H and O–H groups in total. The Hall–Kier alpha value is -1.69. The zero-order valence-electron chi connectivity index (χ0n) is 12.4. The topological polar surface area (TPSA) is 70.2 Å². The lowest BCUT2D eigenvalue weighted by atomic mass is 9.75. The summed E-state index contributed by atoms with van der Waals surface area (Å²) in [6.45, 7) is 3.43. The summed E-state index contributed by atoms with van der Waals surface area (Å²) in [6, 6.07) is 0. The van der Waals surface area contributed by atoms with Gasteiger partial charge in [-0.2, -0.15) is 0 Å². The molecule has 1 aliphatic rings. The smallest absolute Gasteiger partial charge is 0.271 e. The highest BCUT2D eigenvalue weighted by Gasteiger charge is 2.39. The van der Waals surface area contributed by atoms with Gasteiger partial charge >= 0.3 is 0 Å². The van der Waals surface area contributed by atoms with Crippen molar-refractivity contribution < 1.29 is 4.79 Å². The van der Waals surface area contributed by atoms with Crippen LogP contribution in [0.25, 0.3) is 0 Å². The number of carbonyl (C=O) groups is 1. The number of hydrogen-bond donors (Lipinski definition) is 2. The average molecular weight is 277 g/mol. The monoisotopic (exact) mass is 277 g/mol. The first-order valence-corrected chi connectivity index (χ1v) is 7.09. The maximum Gasteiger partial charge on any atom is 0.271 e. The van der Waals surface area contributed by atoms with Crippen molar-refractivity contribution in [3.63, 3.8) is 0 Å². The van der Waals surface area contributed by atoms with Crippen molar-refractivity contribution in [1.82, 2.24) is 20.2 Å². The summed E-state index contributed by atoms with van der Waals surface area (Å²) in [7, 11) is 4.13. The summed E-state index contributed by atoms with van der Waals surface area (Å²) in [5, 5.41) is 6.02. The Labute approximate surface area is 120 Å². The van der Waals surface area contributed by atoms with Crippen LogP contribution in [0.5, 0.6) is 0 Å². The van der Waals surface area contributed by atoms with Crippen molar-refractivity contribution in [2.45, 2.75) is 31.7 Å². The van der Waals surface area contributed by atoms with Gasteiger partial charge in [0.2, 0.25) is 0 Å². The van der Waals surface area contributed by atoms with Gasteiger partial charge in [0.15, 0.2) is 0 Å². The van der Waals surface area contributed by atoms with Gasteiger partial charge in [0.1, 0.15) is 11.5 Å². The highest BCUT2D eigenvalue weighted by atomic mass is 16.1. The lowest BCUT2D eigenvalue weighted by Crippen LogP contribution is -2.57. The van der Waals surface area contributed by atoms with Gasteiger partial charge in [-0.05, 0) is 40.3 Å². The first-order chi connectivity index (χ1) is 9.57. The fourth-order valence-corrected chi connectivity index (χ4v) is 2.42. The summed E-state index contributed by atoms with van der Waals surface area (Å²) in [5.41, 5.74) is 0.479. The predicted molar refractivity (Wildman–Crippen MR) is 78.8 cm³/mol. The van der Waals surface area contributed by atoms with E-state index in [0.717, 1.165) is 19.4 Å². The number of aromatic nitrogens is 2. The van der Waals surface area contributed by atoms with Gasteiger partial charge in [-0.1, -0.05) is 0 Å². The minimum atomic E-state index is -0.159. The van der Waals surface area contributed by atoms with Crippen LogP contribution in [0.1, 0.15) is 36.7 Å². The van der Waals surface area contributed by atoms with Crippen LogP contribution < -0.4 is 10.6 Å². The summed E-state index contributed by atoms with van der Waals surface area (Å²) < 4.78 is 0. The molecule has 0 saturated heterocycles. The zero-order chi connectivity index (χ0) is 14.6. The van der Waals surface area contributed by atoms with Crippen molar-refractivity contribution in [3.05, 3.63) is 18.1 Å². The van der Waals surface area contributed by atoms with E-state index in [-0.39, 0.29) is 11.4 Å². The molecular weight excluding hydrogens is 254 g/mol. The Morgan fingerprint density at radius 1 is 1.35 bits per heavy atom. The molecule has 0 spiro atoms. The summed E-state index contributed by atoms with van der Waals surface area (Å²) in [5.74, 6) is 0.529. The molecule has 110 valence electrons. The molecule has 0 bridgehead atoms. The summed E-state index contributed by atoms with van der Waals surface area (Å²) in [6.07, 6.45) is 6.59. The minimum absolute atomic E-state index is 0.118. The highest BCUT2D eigenvalue weighted by molar-refractivity contribution is 5.92. The number of hydrogen-bond acceptors (Lipinski definition) is 5. The van der Waals surface area contributed by atoms with Gasteiger partial charge in [0.25, 0.3) is 5.91 Å². The molecule has 0 unspecified atom stereocenters. The minimum Gasteiger partial charge on any atom is -0.369 e. The SMILES string of the molecule is CCNc1cnc(C(=O)NCC2(N(C)C)CCC2)cn1. The molecule has 0 aromatic carbocycles. The molecule has 0 aliphatic heterocycles. The fraction of sp³-hybridized carbons (Fsp3) is 0.643. The maximum absolute atomic E-state index is 12.1. The quantitative estimate of drug-likeness (QED) is 0.815. The third kappa shape index (κ3) is 3.07. The van der Waals surface area contributed by atoms with Crippen molar-refractivity contribution in [2.75, 3.05) is 32.5 Å². The lowest BCUT2D eigenvalue weighted by Gasteiger charge is -2.47. The van der Waals surface area contributed by atoms with E-state index in [1.54, 1.807) is 6.20 Å². The molecule has 6 nitrogen and oxygen atoms in total. The van der Waals surface area contributed by atoms with Crippen LogP contribution in [0.3, 0.4) is 0 Å².